The highest BCUT2D eigenvalue weighted by molar-refractivity contribution is 5.70. The van der Waals surface area contributed by atoms with E-state index in [9.17, 15) is 9.59 Å². The summed E-state index contributed by atoms with van der Waals surface area (Å²) >= 11 is 0. The quantitative estimate of drug-likeness (QED) is 0.643. The minimum Gasteiger partial charge on any atom is -0.462 e. The molecule has 0 aliphatic rings. The van der Waals surface area contributed by atoms with E-state index >= 15 is 0 Å². The van der Waals surface area contributed by atoms with Crippen molar-refractivity contribution < 1.29 is 19.8 Å². The topological polar surface area (TPSA) is 99.3 Å². The summed E-state index contributed by atoms with van der Waals surface area (Å²) < 4.78 is 0. The van der Waals surface area contributed by atoms with E-state index in [4.69, 9.17) is 10.2 Å². The largest absolute Gasteiger partial charge is 0.462 e. The van der Waals surface area contributed by atoms with Crippen molar-refractivity contribution in [3.05, 3.63) is 35.9 Å². The second-order valence-electron chi connectivity index (χ2n) is 2.42. The van der Waals surface area contributed by atoms with Gasteiger partial charge in [-0.2, -0.15) is 0 Å². The molecular weight excluding hydrogens is 200 g/mol. The first-order chi connectivity index (χ1) is 7.02. The van der Waals surface area contributed by atoms with Crippen LogP contribution < -0.4 is 0 Å². The van der Waals surface area contributed by atoms with Crippen LogP contribution in [0.2, 0.25) is 0 Å². The third-order valence-corrected chi connectivity index (χ3v) is 1.16. The number of rotatable bonds is 0. The van der Waals surface area contributed by atoms with Crippen molar-refractivity contribution in [2.24, 2.45) is 10.2 Å². The van der Waals surface area contributed by atoms with Crippen LogP contribution in [-0.2, 0) is 0 Å². The number of azo groups is 1. The van der Waals surface area contributed by atoms with Gasteiger partial charge in [-0.1, -0.05) is 46.1 Å². The molecule has 0 saturated heterocycles. The Kier molecular flexibility index (Phi) is 6.12. The van der Waals surface area contributed by atoms with Gasteiger partial charge in [0.2, 0.25) is 0 Å². The van der Waals surface area contributed by atoms with E-state index in [1.807, 2.05) is 18.2 Å². The lowest BCUT2D eigenvalue weighted by Crippen LogP contribution is -1.87. The number of aryl methyl sites for hydroxylation is 1. The van der Waals surface area contributed by atoms with Gasteiger partial charge in [-0.3, -0.25) is 0 Å². The molecule has 0 aromatic heterocycles. The van der Waals surface area contributed by atoms with E-state index in [2.05, 4.69) is 29.3 Å². The van der Waals surface area contributed by atoms with Crippen molar-refractivity contribution in [3.8, 4) is 0 Å². The van der Waals surface area contributed by atoms with Gasteiger partial charge in [0.15, 0.2) is 0 Å². The minimum atomic E-state index is -1.62. The van der Waals surface area contributed by atoms with Crippen LogP contribution in [0.1, 0.15) is 5.56 Å². The molecule has 0 fully saturated rings. The van der Waals surface area contributed by atoms with Crippen molar-refractivity contribution in [2.75, 3.05) is 0 Å². The van der Waals surface area contributed by atoms with Gasteiger partial charge in [-0.05, 0) is 6.92 Å². The summed E-state index contributed by atoms with van der Waals surface area (Å²) in [6.45, 7) is 2.08. The van der Waals surface area contributed by atoms with Crippen LogP contribution in [0.15, 0.2) is 40.6 Å². The summed E-state index contributed by atoms with van der Waals surface area (Å²) in [4.78, 5) is 18.8. The zero-order chi connectivity index (χ0) is 11.7. The predicted molar refractivity (Wildman–Crippen MR) is 52.1 cm³/mol. The summed E-state index contributed by atoms with van der Waals surface area (Å²) in [7, 11) is 0. The average Bonchev–Trinajstić information content (AvgIpc) is 2.17. The summed E-state index contributed by atoms with van der Waals surface area (Å²) in [6.07, 6.45) is -3.24. The molecule has 0 atom stereocenters. The third kappa shape index (κ3) is 9.68. The first-order valence-electron chi connectivity index (χ1n) is 3.91. The Labute approximate surface area is 85.9 Å². The van der Waals surface area contributed by atoms with E-state index in [0.717, 1.165) is 0 Å². The highest BCUT2D eigenvalue weighted by Crippen LogP contribution is 1.92. The molecule has 6 heteroatoms. The normalized spacial score (nSPS) is 9.13. The molecule has 1 aromatic rings. The lowest BCUT2D eigenvalue weighted by atomic mass is 10.2. The summed E-state index contributed by atoms with van der Waals surface area (Å²) in [5.74, 6) is 0. The molecule has 1 rings (SSSR count). The summed E-state index contributed by atoms with van der Waals surface area (Å²) in [5, 5.41) is 19.8. The average molecular weight is 210 g/mol. The van der Waals surface area contributed by atoms with Crippen LogP contribution in [0, 0.1) is 6.92 Å². The molecule has 0 bridgehead atoms. The lowest BCUT2D eigenvalue weighted by Gasteiger charge is -1.82. The number of benzene rings is 1. The molecule has 2 N–H and O–H groups in total. The van der Waals surface area contributed by atoms with E-state index in [-0.39, 0.29) is 0 Å². The molecule has 80 valence electrons. The molecule has 0 spiro atoms. The first kappa shape index (κ1) is 12.8. The maximum absolute atomic E-state index is 9.38. The number of amides is 2. The molecule has 15 heavy (non-hydrogen) atoms. The third-order valence-electron chi connectivity index (χ3n) is 1.16. The Hall–Kier alpha value is -2.24. The Morgan fingerprint density at radius 3 is 1.60 bits per heavy atom. The number of carboxylic acid groups (broad SMARTS) is 2. The molecule has 0 saturated carbocycles. The fraction of sp³-hybridized carbons (Fsp3) is 0.111. The zero-order valence-electron chi connectivity index (χ0n) is 7.99. The van der Waals surface area contributed by atoms with Crippen molar-refractivity contribution in [1.82, 2.24) is 0 Å². The Morgan fingerprint density at radius 1 is 1.00 bits per heavy atom. The molecular formula is C9H10N2O4. The molecule has 0 aliphatic carbocycles. The van der Waals surface area contributed by atoms with Gasteiger partial charge in [0.1, 0.15) is 0 Å². The molecule has 0 heterocycles. The fourth-order valence-corrected chi connectivity index (χ4v) is 0.620. The van der Waals surface area contributed by atoms with Crippen molar-refractivity contribution in [3.63, 3.8) is 0 Å². The van der Waals surface area contributed by atoms with Gasteiger partial charge in [-0.15, -0.1) is 0 Å². The second kappa shape index (κ2) is 7.19. The van der Waals surface area contributed by atoms with Crippen LogP contribution in [0.4, 0.5) is 9.59 Å². The summed E-state index contributed by atoms with van der Waals surface area (Å²) in [6, 6.07) is 10.3. The standard InChI is InChI=1S/C7H8.C2H2N2O4/c1-7-5-3-2-4-6-7;5-1(6)3-4-2(7)8/h2-6H,1H3;(H,5,6)(H,7,8)/b;4-3+. The maximum Gasteiger partial charge on any atom is 0.450 e. The van der Waals surface area contributed by atoms with Crippen molar-refractivity contribution in [2.45, 2.75) is 6.92 Å². The van der Waals surface area contributed by atoms with E-state index in [1.54, 1.807) is 0 Å². The smallest absolute Gasteiger partial charge is 0.450 e. The molecule has 2 amide bonds. The monoisotopic (exact) mass is 210 g/mol. The minimum absolute atomic E-state index is 1.32. The van der Waals surface area contributed by atoms with Crippen LogP contribution in [0.25, 0.3) is 0 Å². The van der Waals surface area contributed by atoms with Gasteiger partial charge >= 0.3 is 12.2 Å². The lowest BCUT2D eigenvalue weighted by molar-refractivity contribution is 0.194. The Bertz CT molecular complexity index is 332. The van der Waals surface area contributed by atoms with Crippen LogP contribution in [0.3, 0.4) is 0 Å². The van der Waals surface area contributed by atoms with Gasteiger partial charge < -0.3 is 10.2 Å². The van der Waals surface area contributed by atoms with Gasteiger partial charge in [-0.25, -0.2) is 9.59 Å². The molecule has 0 unspecified atom stereocenters. The number of hydrogen-bond donors (Lipinski definition) is 2. The highest BCUT2D eigenvalue weighted by atomic mass is 16.4. The maximum atomic E-state index is 9.38. The van der Waals surface area contributed by atoms with Gasteiger partial charge in [0.05, 0.1) is 0 Å². The molecule has 1 aromatic carbocycles. The van der Waals surface area contributed by atoms with Crippen molar-refractivity contribution >= 4 is 12.2 Å². The highest BCUT2D eigenvalue weighted by Gasteiger charge is 1.91. The first-order valence-corrected chi connectivity index (χ1v) is 3.91. The van der Waals surface area contributed by atoms with E-state index < -0.39 is 12.2 Å². The molecule has 0 aliphatic heterocycles. The van der Waals surface area contributed by atoms with Gasteiger partial charge in [0.25, 0.3) is 0 Å². The second-order valence-corrected chi connectivity index (χ2v) is 2.42. The van der Waals surface area contributed by atoms with Crippen molar-refractivity contribution in [1.29, 1.82) is 0 Å². The van der Waals surface area contributed by atoms with Crippen LogP contribution in [0.5, 0.6) is 0 Å². The van der Waals surface area contributed by atoms with Crippen LogP contribution >= 0.6 is 0 Å². The fourth-order valence-electron chi connectivity index (χ4n) is 0.620. The van der Waals surface area contributed by atoms with E-state index in [0.29, 0.717) is 0 Å². The Balaban J connectivity index is 0.000000262. The predicted octanol–water partition coefficient (Wildman–Crippen LogP) is 2.79. The van der Waals surface area contributed by atoms with Gasteiger partial charge in [0, 0.05) is 0 Å². The summed E-state index contributed by atoms with van der Waals surface area (Å²) in [5.41, 5.74) is 1.32. The zero-order valence-corrected chi connectivity index (χ0v) is 7.99. The van der Waals surface area contributed by atoms with E-state index in [1.165, 1.54) is 5.56 Å². The molecule has 6 nitrogen and oxygen atoms in total. The number of hydrogen-bond acceptors (Lipinski definition) is 2. The van der Waals surface area contributed by atoms with Crippen LogP contribution in [-0.4, -0.2) is 22.4 Å². The number of nitrogens with zero attached hydrogens (tertiary/aromatic N) is 2. The SMILES string of the molecule is Cc1ccccc1.O=C(O)/N=N/C(=O)O. The number of carbonyl (C=O) groups is 2. The Morgan fingerprint density at radius 2 is 1.40 bits per heavy atom. The molecule has 0 radical (unpaired) electrons.